The van der Waals surface area contributed by atoms with Crippen LogP contribution in [-0.2, 0) is 0 Å². The fraction of sp³-hybridized carbons (Fsp3) is 0.0667. The Morgan fingerprint density at radius 2 is 1.71 bits per heavy atom. The largest absolute Gasteiger partial charge is 0.478 e. The highest BCUT2D eigenvalue weighted by Crippen LogP contribution is 2.26. The second-order valence-corrected chi connectivity index (χ2v) is 5.27. The number of aromatic carboxylic acids is 1. The van der Waals surface area contributed by atoms with Gasteiger partial charge in [0.2, 0.25) is 0 Å². The molecule has 0 aliphatic carbocycles. The Balaban J connectivity index is 2.16. The molecule has 108 valence electrons. The lowest BCUT2D eigenvalue weighted by atomic mass is 10.2. The third-order valence-electron chi connectivity index (χ3n) is 2.79. The van der Waals surface area contributed by atoms with Gasteiger partial charge in [0.05, 0.1) is 11.3 Å². The number of carbonyl (C=O) groups excluding carboxylic acids is 1. The molecular formula is C15H13BrN2O3. The van der Waals surface area contributed by atoms with E-state index in [-0.39, 0.29) is 11.3 Å². The van der Waals surface area contributed by atoms with E-state index in [9.17, 15) is 9.59 Å². The van der Waals surface area contributed by atoms with Crippen LogP contribution in [0.5, 0.6) is 0 Å². The number of halogens is 1. The Labute approximate surface area is 130 Å². The summed E-state index contributed by atoms with van der Waals surface area (Å²) >= 11 is 3.23. The van der Waals surface area contributed by atoms with Gasteiger partial charge < -0.3 is 15.7 Å². The molecule has 2 aromatic rings. The summed E-state index contributed by atoms with van der Waals surface area (Å²) in [4.78, 5) is 23.1. The number of amides is 2. The lowest BCUT2D eigenvalue weighted by Crippen LogP contribution is -2.21. The second-order valence-electron chi connectivity index (χ2n) is 4.41. The normalized spacial score (nSPS) is 10.0. The molecule has 0 aliphatic rings. The third kappa shape index (κ3) is 3.82. The van der Waals surface area contributed by atoms with Crippen molar-refractivity contribution < 1.29 is 14.7 Å². The van der Waals surface area contributed by atoms with Crippen molar-refractivity contribution in [2.75, 3.05) is 10.6 Å². The molecule has 21 heavy (non-hydrogen) atoms. The number of nitrogens with one attached hydrogen (secondary N) is 2. The molecule has 0 spiro atoms. The zero-order chi connectivity index (χ0) is 15.4. The summed E-state index contributed by atoms with van der Waals surface area (Å²) < 4.78 is 0.501. The molecule has 0 atom stereocenters. The number of aryl methyl sites for hydroxylation is 1. The summed E-state index contributed by atoms with van der Waals surface area (Å²) in [6.45, 7) is 1.95. The van der Waals surface area contributed by atoms with Gasteiger partial charge in [0, 0.05) is 10.2 Å². The Bertz CT molecular complexity index is 684. The van der Waals surface area contributed by atoms with Crippen molar-refractivity contribution in [1.82, 2.24) is 0 Å². The van der Waals surface area contributed by atoms with Crippen LogP contribution in [0.25, 0.3) is 0 Å². The molecule has 0 saturated carbocycles. The maximum Gasteiger partial charge on any atom is 0.337 e. The lowest BCUT2D eigenvalue weighted by molar-refractivity contribution is 0.0698. The summed E-state index contributed by atoms with van der Waals surface area (Å²) in [5, 5.41) is 14.3. The summed E-state index contributed by atoms with van der Waals surface area (Å²) in [6, 6.07) is 11.5. The number of carboxylic acid groups (broad SMARTS) is 1. The highest BCUT2D eigenvalue weighted by Gasteiger charge is 2.15. The number of benzene rings is 2. The van der Waals surface area contributed by atoms with E-state index in [4.69, 9.17) is 5.11 Å². The topological polar surface area (TPSA) is 78.4 Å². The molecule has 0 heterocycles. The zero-order valence-corrected chi connectivity index (χ0v) is 12.8. The molecule has 2 aromatic carbocycles. The molecule has 2 amide bonds. The number of anilines is 2. The average molecular weight is 349 g/mol. The van der Waals surface area contributed by atoms with E-state index in [1.54, 1.807) is 24.3 Å². The number of hydrogen-bond donors (Lipinski definition) is 3. The van der Waals surface area contributed by atoms with E-state index in [0.717, 1.165) is 5.56 Å². The van der Waals surface area contributed by atoms with Gasteiger partial charge in [0.15, 0.2) is 0 Å². The fourth-order valence-corrected chi connectivity index (χ4v) is 2.21. The number of rotatable bonds is 3. The number of urea groups is 1. The van der Waals surface area contributed by atoms with Gasteiger partial charge in [0.1, 0.15) is 0 Å². The maximum atomic E-state index is 12.0. The molecule has 0 saturated heterocycles. The Hall–Kier alpha value is -2.34. The SMILES string of the molecule is Cc1ccc(NC(=O)Nc2c(Br)cccc2C(=O)O)cc1. The summed E-state index contributed by atoms with van der Waals surface area (Å²) in [7, 11) is 0. The molecule has 0 radical (unpaired) electrons. The van der Waals surface area contributed by atoms with Crippen LogP contribution in [0.3, 0.4) is 0 Å². The van der Waals surface area contributed by atoms with Crippen molar-refractivity contribution in [1.29, 1.82) is 0 Å². The molecule has 0 bridgehead atoms. The number of hydrogen-bond acceptors (Lipinski definition) is 2. The predicted octanol–water partition coefficient (Wildman–Crippen LogP) is 4.10. The minimum Gasteiger partial charge on any atom is -0.478 e. The van der Waals surface area contributed by atoms with Crippen molar-refractivity contribution in [3.63, 3.8) is 0 Å². The minimum absolute atomic E-state index is 0.0171. The smallest absolute Gasteiger partial charge is 0.337 e. The van der Waals surface area contributed by atoms with Crippen molar-refractivity contribution in [2.45, 2.75) is 6.92 Å². The number of carbonyl (C=O) groups is 2. The van der Waals surface area contributed by atoms with Crippen molar-refractivity contribution in [3.05, 3.63) is 58.1 Å². The van der Waals surface area contributed by atoms with Crippen molar-refractivity contribution in [3.8, 4) is 0 Å². The zero-order valence-electron chi connectivity index (χ0n) is 11.2. The lowest BCUT2D eigenvalue weighted by Gasteiger charge is -2.11. The first-order valence-electron chi connectivity index (χ1n) is 6.14. The summed E-state index contributed by atoms with van der Waals surface area (Å²) in [6.07, 6.45) is 0. The van der Waals surface area contributed by atoms with Crippen LogP contribution in [0.4, 0.5) is 16.2 Å². The van der Waals surface area contributed by atoms with Crippen LogP contribution in [-0.4, -0.2) is 17.1 Å². The van der Waals surface area contributed by atoms with Gasteiger partial charge in [-0.1, -0.05) is 23.8 Å². The monoisotopic (exact) mass is 348 g/mol. The maximum absolute atomic E-state index is 12.0. The number of para-hydroxylation sites is 1. The van der Waals surface area contributed by atoms with E-state index in [0.29, 0.717) is 10.2 Å². The van der Waals surface area contributed by atoms with Crippen molar-refractivity contribution >= 4 is 39.3 Å². The highest BCUT2D eigenvalue weighted by molar-refractivity contribution is 9.10. The van der Waals surface area contributed by atoms with Crippen LogP contribution >= 0.6 is 15.9 Å². The Morgan fingerprint density at radius 3 is 2.33 bits per heavy atom. The highest BCUT2D eigenvalue weighted by atomic mass is 79.9. The first kappa shape index (κ1) is 15.1. The molecule has 6 heteroatoms. The average Bonchev–Trinajstić information content (AvgIpc) is 2.43. The molecule has 0 aliphatic heterocycles. The van der Waals surface area contributed by atoms with Gasteiger partial charge in [0.25, 0.3) is 0 Å². The summed E-state index contributed by atoms with van der Waals surface area (Å²) in [5.41, 5.74) is 1.94. The molecule has 3 N–H and O–H groups in total. The van der Waals surface area contributed by atoms with Gasteiger partial charge in [-0.3, -0.25) is 0 Å². The Morgan fingerprint density at radius 1 is 1.05 bits per heavy atom. The van der Waals surface area contributed by atoms with Gasteiger partial charge >= 0.3 is 12.0 Å². The summed E-state index contributed by atoms with van der Waals surface area (Å²) in [5.74, 6) is -1.11. The number of carboxylic acids is 1. The van der Waals surface area contributed by atoms with E-state index in [1.165, 1.54) is 6.07 Å². The molecular weight excluding hydrogens is 336 g/mol. The molecule has 0 aromatic heterocycles. The Kier molecular flexibility index (Phi) is 4.59. The molecule has 2 rings (SSSR count). The van der Waals surface area contributed by atoms with E-state index in [1.807, 2.05) is 19.1 Å². The van der Waals surface area contributed by atoms with Gasteiger partial charge in [-0.15, -0.1) is 0 Å². The van der Waals surface area contributed by atoms with Crippen LogP contribution in [0, 0.1) is 6.92 Å². The molecule has 0 fully saturated rings. The van der Waals surface area contributed by atoms with Gasteiger partial charge in [-0.05, 0) is 47.1 Å². The van der Waals surface area contributed by atoms with Crippen LogP contribution in [0.2, 0.25) is 0 Å². The third-order valence-corrected chi connectivity index (χ3v) is 3.45. The van der Waals surface area contributed by atoms with Crippen molar-refractivity contribution in [2.24, 2.45) is 0 Å². The standard InChI is InChI=1S/C15H13BrN2O3/c1-9-5-7-10(8-6-9)17-15(21)18-13-11(14(19)20)3-2-4-12(13)16/h2-8H,1H3,(H,19,20)(H2,17,18,21). The first-order valence-corrected chi connectivity index (χ1v) is 6.93. The quantitative estimate of drug-likeness (QED) is 0.781. The molecule has 0 unspecified atom stereocenters. The van der Waals surface area contributed by atoms with Crippen LogP contribution in [0.15, 0.2) is 46.9 Å². The predicted molar refractivity (Wildman–Crippen MR) is 84.9 cm³/mol. The van der Waals surface area contributed by atoms with Gasteiger partial charge in [-0.25, -0.2) is 9.59 Å². The minimum atomic E-state index is -1.11. The first-order chi connectivity index (χ1) is 9.97. The fourth-order valence-electron chi connectivity index (χ4n) is 1.74. The van der Waals surface area contributed by atoms with E-state index < -0.39 is 12.0 Å². The second kappa shape index (κ2) is 6.41. The van der Waals surface area contributed by atoms with E-state index >= 15 is 0 Å². The van der Waals surface area contributed by atoms with E-state index in [2.05, 4.69) is 26.6 Å². The van der Waals surface area contributed by atoms with Crippen LogP contribution in [0.1, 0.15) is 15.9 Å². The van der Waals surface area contributed by atoms with Gasteiger partial charge in [-0.2, -0.15) is 0 Å². The van der Waals surface area contributed by atoms with Crippen LogP contribution < -0.4 is 10.6 Å². The molecule has 5 nitrogen and oxygen atoms in total.